The Labute approximate surface area is 240 Å². The fourth-order valence-electron chi connectivity index (χ4n) is 5.09. The number of aromatic nitrogens is 2. The van der Waals surface area contributed by atoms with Gasteiger partial charge < -0.3 is 10.1 Å². The molecule has 1 aliphatic rings. The van der Waals surface area contributed by atoms with E-state index in [4.69, 9.17) is 4.74 Å². The second kappa shape index (κ2) is 13.3. The Bertz CT molecular complexity index is 1470. The van der Waals surface area contributed by atoms with Crippen LogP contribution in [0.25, 0.3) is 11.1 Å². The van der Waals surface area contributed by atoms with Crippen molar-refractivity contribution in [2.45, 2.75) is 32.5 Å². The Morgan fingerprint density at radius 2 is 1.73 bits per heavy atom. The molecule has 41 heavy (non-hydrogen) atoms. The van der Waals surface area contributed by atoms with Gasteiger partial charge >= 0.3 is 5.97 Å². The second-order valence-corrected chi connectivity index (χ2v) is 10.5. The number of likely N-dealkylation sites (tertiary alicyclic amines) is 1. The molecule has 8 nitrogen and oxygen atoms in total. The van der Waals surface area contributed by atoms with Crippen LogP contribution in [0.1, 0.15) is 22.5 Å². The zero-order chi connectivity index (χ0) is 28.6. The summed E-state index contributed by atoms with van der Waals surface area (Å²) in [5.41, 5.74) is 6.66. The van der Waals surface area contributed by atoms with Gasteiger partial charge in [-0.2, -0.15) is 0 Å². The minimum atomic E-state index is -0.467. The third-order valence-electron chi connectivity index (χ3n) is 7.24. The molecule has 1 aliphatic heterocycles. The van der Waals surface area contributed by atoms with Crippen molar-refractivity contribution >= 4 is 17.6 Å². The van der Waals surface area contributed by atoms with Crippen molar-refractivity contribution in [3.63, 3.8) is 0 Å². The lowest BCUT2D eigenvalue weighted by Gasteiger charge is -2.37. The van der Waals surface area contributed by atoms with E-state index in [1.54, 1.807) is 12.4 Å². The van der Waals surface area contributed by atoms with E-state index in [-0.39, 0.29) is 17.8 Å². The van der Waals surface area contributed by atoms with Gasteiger partial charge in [0.25, 0.3) is 0 Å². The molecule has 1 saturated heterocycles. The Hall–Kier alpha value is -4.40. The van der Waals surface area contributed by atoms with E-state index in [9.17, 15) is 9.59 Å². The maximum Gasteiger partial charge on any atom is 0.311 e. The summed E-state index contributed by atoms with van der Waals surface area (Å²) in [7, 11) is 1.43. The molecule has 210 valence electrons. The number of anilines is 1. The fraction of sp³-hybridized carbons (Fsp3) is 0.273. The van der Waals surface area contributed by atoms with Crippen LogP contribution in [-0.2, 0) is 33.8 Å². The summed E-state index contributed by atoms with van der Waals surface area (Å²) in [6.07, 6.45) is 4.09. The van der Waals surface area contributed by atoms with Gasteiger partial charge in [-0.3, -0.25) is 29.8 Å². The fourth-order valence-corrected chi connectivity index (χ4v) is 5.09. The highest BCUT2D eigenvalue weighted by Gasteiger charge is 2.33. The van der Waals surface area contributed by atoms with Crippen LogP contribution in [0.4, 0.5) is 5.69 Å². The van der Waals surface area contributed by atoms with E-state index in [2.05, 4.69) is 31.6 Å². The molecule has 0 saturated carbocycles. The zero-order valence-electron chi connectivity index (χ0n) is 23.4. The van der Waals surface area contributed by atoms with Gasteiger partial charge in [0.1, 0.15) is 0 Å². The molecule has 1 atom stereocenters. The van der Waals surface area contributed by atoms with E-state index in [1.807, 2.05) is 79.7 Å². The van der Waals surface area contributed by atoms with Crippen molar-refractivity contribution in [2.24, 2.45) is 5.92 Å². The summed E-state index contributed by atoms with van der Waals surface area (Å²) in [5, 5.41) is 6.59. The maximum absolute atomic E-state index is 13.7. The normalized spacial score (nSPS) is 14.2. The highest BCUT2D eigenvalue weighted by molar-refractivity contribution is 5.95. The molecule has 0 spiro atoms. The number of pyridine rings is 2. The summed E-state index contributed by atoms with van der Waals surface area (Å²) in [4.78, 5) is 36.5. The summed E-state index contributed by atoms with van der Waals surface area (Å²) in [6, 6.07) is 25.4. The van der Waals surface area contributed by atoms with Crippen molar-refractivity contribution in [2.75, 3.05) is 25.5 Å². The van der Waals surface area contributed by atoms with Crippen molar-refractivity contribution in [1.29, 1.82) is 0 Å². The number of hydrogen-bond donors (Lipinski definition) is 2. The molecule has 1 amide bonds. The molecule has 8 heteroatoms. The Kier molecular flexibility index (Phi) is 9.13. The van der Waals surface area contributed by atoms with Crippen LogP contribution in [0, 0.1) is 12.8 Å². The number of esters is 1. The van der Waals surface area contributed by atoms with Gasteiger partial charge in [-0.1, -0.05) is 36.4 Å². The molecular weight excluding hydrogens is 514 g/mol. The standard InChI is InChI=1S/C33H35N5O3/c1-23-14-26(11-13-34-23)27-15-25(20-38-21-28(22-38)33(40)41-2)16-30(18-27)37-32(39)31(17-24-8-4-3-5-9-24)36-19-29-10-6-7-12-35-29/h3-16,18,28,31,36H,17,19-22H2,1-2H3,(H,37,39)/t31-/m0/s1. The Morgan fingerprint density at radius 3 is 2.46 bits per heavy atom. The molecule has 0 bridgehead atoms. The molecule has 4 aromatic rings. The lowest BCUT2D eigenvalue weighted by molar-refractivity contribution is -0.151. The number of carbonyl (C=O) groups is 2. The van der Waals surface area contributed by atoms with E-state index in [1.165, 1.54) is 7.11 Å². The number of methoxy groups -OCH3 is 1. The van der Waals surface area contributed by atoms with Crippen molar-refractivity contribution < 1.29 is 14.3 Å². The first-order valence-corrected chi connectivity index (χ1v) is 13.8. The van der Waals surface area contributed by atoms with Crippen LogP contribution in [0.2, 0.25) is 0 Å². The van der Waals surface area contributed by atoms with Gasteiger partial charge in [-0.15, -0.1) is 0 Å². The lowest BCUT2D eigenvalue weighted by Crippen LogP contribution is -2.50. The SMILES string of the molecule is COC(=O)C1CN(Cc2cc(NC(=O)[C@H](Cc3ccccc3)NCc3ccccn3)cc(-c3ccnc(C)c3)c2)C1. The van der Waals surface area contributed by atoms with Crippen molar-refractivity contribution in [3.8, 4) is 11.1 Å². The molecule has 2 N–H and O–H groups in total. The van der Waals surface area contributed by atoms with Gasteiger partial charge in [0.15, 0.2) is 0 Å². The maximum atomic E-state index is 13.7. The lowest BCUT2D eigenvalue weighted by atomic mass is 9.97. The minimum absolute atomic E-state index is 0.0888. The van der Waals surface area contributed by atoms with Gasteiger partial charge in [0.2, 0.25) is 5.91 Å². The molecule has 0 unspecified atom stereocenters. The average molecular weight is 550 g/mol. The first-order chi connectivity index (χ1) is 20.0. The van der Waals surface area contributed by atoms with Crippen LogP contribution in [0.5, 0.6) is 0 Å². The number of hydrogen-bond acceptors (Lipinski definition) is 7. The highest BCUT2D eigenvalue weighted by Crippen LogP contribution is 2.28. The van der Waals surface area contributed by atoms with E-state index < -0.39 is 6.04 Å². The quantitative estimate of drug-likeness (QED) is 0.268. The molecule has 0 radical (unpaired) electrons. The first-order valence-electron chi connectivity index (χ1n) is 13.8. The third-order valence-corrected chi connectivity index (χ3v) is 7.24. The second-order valence-electron chi connectivity index (χ2n) is 10.5. The van der Waals surface area contributed by atoms with E-state index in [0.717, 1.165) is 39.3 Å². The van der Waals surface area contributed by atoms with Crippen LogP contribution in [0.3, 0.4) is 0 Å². The number of rotatable bonds is 11. The number of nitrogens with zero attached hydrogens (tertiary/aromatic N) is 3. The van der Waals surface area contributed by atoms with Gasteiger partial charge in [-0.05, 0) is 78.1 Å². The number of aryl methyl sites for hydroxylation is 1. The van der Waals surface area contributed by atoms with Crippen LogP contribution >= 0.6 is 0 Å². The molecular formula is C33H35N5O3. The van der Waals surface area contributed by atoms with Gasteiger partial charge in [0.05, 0.1) is 24.8 Å². The number of ether oxygens (including phenoxy) is 1. The Morgan fingerprint density at radius 1 is 0.927 bits per heavy atom. The Balaban J connectivity index is 1.37. The molecule has 0 aliphatic carbocycles. The minimum Gasteiger partial charge on any atom is -0.469 e. The molecule has 2 aromatic carbocycles. The molecule has 2 aromatic heterocycles. The highest BCUT2D eigenvalue weighted by atomic mass is 16.5. The number of benzene rings is 2. The average Bonchev–Trinajstić information content (AvgIpc) is 2.97. The largest absolute Gasteiger partial charge is 0.469 e. The smallest absolute Gasteiger partial charge is 0.311 e. The monoisotopic (exact) mass is 549 g/mol. The van der Waals surface area contributed by atoms with E-state index >= 15 is 0 Å². The number of carbonyl (C=O) groups excluding carboxylic acids is 2. The first kappa shape index (κ1) is 28.1. The molecule has 1 fully saturated rings. The predicted octanol–water partition coefficient (Wildman–Crippen LogP) is 4.40. The van der Waals surface area contributed by atoms with E-state index in [0.29, 0.717) is 32.6 Å². The van der Waals surface area contributed by atoms with Crippen molar-refractivity contribution in [1.82, 2.24) is 20.2 Å². The topological polar surface area (TPSA) is 96.5 Å². The molecule has 5 rings (SSSR count). The zero-order valence-corrected chi connectivity index (χ0v) is 23.4. The summed E-state index contributed by atoms with van der Waals surface area (Å²) in [5.74, 6) is -0.375. The van der Waals surface area contributed by atoms with Crippen LogP contribution < -0.4 is 10.6 Å². The number of nitrogens with one attached hydrogen (secondary N) is 2. The van der Waals surface area contributed by atoms with Crippen LogP contribution in [0.15, 0.2) is 91.3 Å². The molecule has 3 heterocycles. The van der Waals surface area contributed by atoms with Crippen molar-refractivity contribution in [3.05, 3.63) is 114 Å². The van der Waals surface area contributed by atoms with Crippen LogP contribution in [-0.4, -0.2) is 53.0 Å². The predicted molar refractivity (Wildman–Crippen MR) is 159 cm³/mol. The summed E-state index contributed by atoms with van der Waals surface area (Å²) >= 11 is 0. The summed E-state index contributed by atoms with van der Waals surface area (Å²) < 4.78 is 4.89. The van der Waals surface area contributed by atoms with Gasteiger partial charge in [-0.25, -0.2) is 0 Å². The third kappa shape index (κ3) is 7.63. The number of amides is 1. The van der Waals surface area contributed by atoms with Gasteiger partial charge in [0, 0.05) is 50.0 Å². The summed E-state index contributed by atoms with van der Waals surface area (Å²) in [6.45, 7) is 4.42.